The predicted molar refractivity (Wildman–Crippen MR) is 217 cm³/mol. The molecule has 19 heteroatoms. The van der Waals surface area contributed by atoms with Crippen molar-refractivity contribution in [2.75, 3.05) is 13.2 Å². The number of nitrogens with two attached hydrogens (primary N) is 1. The smallest absolute Gasteiger partial charge is 0.336 e. The molecule has 5 aliphatic rings. The highest BCUT2D eigenvalue weighted by molar-refractivity contribution is 6.14. The number of ether oxygens (including phenoxy) is 5. The molecule has 62 heavy (non-hydrogen) atoms. The molecule has 0 spiro atoms. The molecule has 0 aromatic heterocycles. The van der Waals surface area contributed by atoms with E-state index in [0.29, 0.717) is 35.6 Å². The van der Waals surface area contributed by atoms with Crippen LogP contribution in [-0.2, 0) is 9.53 Å². The molecule has 326 valence electrons. The summed E-state index contributed by atoms with van der Waals surface area (Å²) in [5.41, 5.74) is -3.17. The van der Waals surface area contributed by atoms with Crippen molar-refractivity contribution in [2.24, 2.45) is 20.4 Å². The second-order valence-electron chi connectivity index (χ2n) is 15.5. The van der Waals surface area contributed by atoms with Crippen molar-refractivity contribution >= 4 is 35.3 Å². The van der Waals surface area contributed by atoms with Crippen LogP contribution in [0.15, 0.2) is 87.8 Å². The van der Waals surface area contributed by atoms with Gasteiger partial charge in [-0.15, -0.1) is 0 Å². The number of benzene rings is 3. The number of phenols is 2. The molecular weight excluding hydrogens is 812 g/mol. The first-order valence-corrected chi connectivity index (χ1v) is 19.8. The Bertz CT molecular complexity index is 2390. The van der Waals surface area contributed by atoms with E-state index in [2.05, 4.69) is 15.0 Å². The Balaban J connectivity index is 1.11. The van der Waals surface area contributed by atoms with Gasteiger partial charge in [0.25, 0.3) is 0 Å². The molecule has 1 saturated carbocycles. The number of carboxylic acid groups (broad SMARTS) is 1. The van der Waals surface area contributed by atoms with E-state index in [9.17, 15) is 50.8 Å². The van der Waals surface area contributed by atoms with Gasteiger partial charge in [0.2, 0.25) is 18.3 Å². The minimum Gasteiger partial charge on any atom is -0.508 e. The Morgan fingerprint density at radius 3 is 2.42 bits per heavy atom. The van der Waals surface area contributed by atoms with E-state index in [1.54, 1.807) is 36.4 Å². The summed E-state index contributed by atoms with van der Waals surface area (Å²) in [7, 11) is 0. The summed E-state index contributed by atoms with van der Waals surface area (Å²) < 4.78 is 29.6. The first-order chi connectivity index (χ1) is 29.7. The zero-order valence-electron chi connectivity index (χ0n) is 32.9. The number of aliphatic carboxylic acids is 1. The molecular formula is C43H45N4O15+. The molecule has 4 aliphatic heterocycles. The molecule has 4 heterocycles. The number of aliphatic imine (C=N–C) groups is 3. The minimum atomic E-state index is -2.63. The predicted octanol–water partition coefficient (Wildman–Crippen LogP) is 1.18. The number of fused-ring (bicyclic) bond motifs is 1. The van der Waals surface area contributed by atoms with Crippen LogP contribution >= 0.6 is 0 Å². The van der Waals surface area contributed by atoms with E-state index in [-0.39, 0.29) is 54.5 Å². The number of aliphatic hydroxyl groups is 6. The highest BCUT2D eigenvalue weighted by Gasteiger charge is 2.69. The SMILES string of the molecule is [NH2+]=C1C=CC([C@@H](O)COc2ccc(C3C=C(O)c4c(cc(O[C@@H]5O[C@H](C(=O)O)[C@](O)(C6(C7=NC=NC7)CCCCC6)[C@@H](O)[C@H]5O)c(O[C@H](O)c5cccc(O)c5)c4O)O3)cc2)=N1. The molecule has 3 aromatic rings. The molecule has 8 rings (SSSR count). The Kier molecular flexibility index (Phi) is 11.5. The summed E-state index contributed by atoms with van der Waals surface area (Å²) >= 11 is 0. The number of carbonyl (C=O) groups is 1. The number of hydrogen-bond donors (Lipinski definition) is 10. The summed E-state index contributed by atoms with van der Waals surface area (Å²) in [6, 6.07) is 12.9. The molecule has 2 fully saturated rings. The maximum absolute atomic E-state index is 13.0. The minimum absolute atomic E-state index is 0.0235. The molecule has 1 aliphatic carbocycles. The number of aliphatic hydroxyl groups excluding tert-OH is 5. The topological polar surface area (TPSA) is 308 Å². The van der Waals surface area contributed by atoms with Gasteiger partial charge in [-0.05, 0) is 53.7 Å². The van der Waals surface area contributed by atoms with Gasteiger partial charge in [0.15, 0.2) is 29.4 Å². The van der Waals surface area contributed by atoms with Gasteiger partial charge in [-0.2, -0.15) is 0 Å². The zero-order valence-corrected chi connectivity index (χ0v) is 32.9. The Labute approximate surface area is 353 Å². The lowest BCUT2D eigenvalue weighted by molar-refractivity contribution is -0.326. The highest BCUT2D eigenvalue weighted by Crippen LogP contribution is 2.55. The molecule has 0 amide bonds. The van der Waals surface area contributed by atoms with Crippen LogP contribution < -0.4 is 24.4 Å². The van der Waals surface area contributed by atoms with Crippen LogP contribution in [0.5, 0.6) is 34.5 Å². The van der Waals surface area contributed by atoms with Crippen LogP contribution in [0.3, 0.4) is 0 Å². The number of rotatable bonds is 13. The summed E-state index contributed by atoms with van der Waals surface area (Å²) in [6.07, 6.45) is -4.48. The fourth-order valence-corrected chi connectivity index (χ4v) is 8.67. The third-order valence-electron chi connectivity index (χ3n) is 11.8. The van der Waals surface area contributed by atoms with Crippen LogP contribution in [0.4, 0.5) is 0 Å². The molecule has 0 radical (unpaired) electrons. The average molecular weight is 858 g/mol. The van der Waals surface area contributed by atoms with Gasteiger partial charge < -0.3 is 69.6 Å². The first-order valence-electron chi connectivity index (χ1n) is 19.8. The molecule has 3 aromatic carbocycles. The molecule has 1 saturated heterocycles. The van der Waals surface area contributed by atoms with Crippen molar-refractivity contribution in [3.63, 3.8) is 0 Å². The second kappa shape index (κ2) is 16.8. The van der Waals surface area contributed by atoms with Gasteiger partial charge in [-0.3, -0.25) is 10.4 Å². The quantitative estimate of drug-likeness (QED) is 0.108. The summed E-state index contributed by atoms with van der Waals surface area (Å²) in [4.78, 5) is 25.5. The molecule has 19 nitrogen and oxygen atoms in total. The number of carboxylic acids is 1. The van der Waals surface area contributed by atoms with E-state index in [0.717, 1.165) is 12.5 Å². The van der Waals surface area contributed by atoms with Gasteiger partial charge in [-0.25, -0.2) is 9.79 Å². The molecule has 1 unspecified atom stereocenters. The van der Waals surface area contributed by atoms with Gasteiger partial charge in [0.05, 0.1) is 12.3 Å². The van der Waals surface area contributed by atoms with Crippen LogP contribution in [0, 0.1) is 5.41 Å². The van der Waals surface area contributed by atoms with E-state index >= 15 is 0 Å². The van der Waals surface area contributed by atoms with Crippen molar-refractivity contribution in [3.05, 3.63) is 89.5 Å². The molecule has 8 atom stereocenters. The van der Waals surface area contributed by atoms with E-state index in [1.165, 1.54) is 36.7 Å². The zero-order chi connectivity index (χ0) is 43.9. The van der Waals surface area contributed by atoms with Crippen molar-refractivity contribution in [2.45, 2.75) is 80.8 Å². The van der Waals surface area contributed by atoms with Crippen molar-refractivity contribution < 1.29 is 79.8 Å². The fourth-order valence-electron chi connectivity index (χ4n) is 8.67. The highest BCUT2D eigenvalue weighted by atomic mass is 16.7. The van der Waals surface area contributed by atoms with Crippen LogP contribution in [0.1, 0.15) is 61.2 Å². The fraction of sp³-hybridized carbons (Fsp3) is 0.372. The van der Waals surface area contributed by atoms with E-state index < -0.39 is 83.1 Å². The normalized spacial score (nSPS) is 27.3. The summed E-state index contributed by atoms with van der Waals surface area (Å²) in [5.74, 6) is -3.95. The lowest BCUT2D eigenvalue weighted by Crippen LogP contribution is -2.76. The van der Waals surface area contributed by atoms with Crippen LogP contribution in [0.25, 0.3) is 5.76 Å². The number of nitrogens with zero attached hydrogens (tertiary/aromatic N) is 3. The number of hydrogen-bond acceptors (Lipinski definition) is 16. The van der Waals surface area contributed by atoms with E-state index in [1.807, 2.05) is 0 Å². The van der Waals surface area contributed by atoms with Gasteiger partial charge in [-0.1, -0.05) is 43.5 Å². The van der Waals surface area contributed by atoms with Gasteiger partial charge in [0, 0.05) is 29.2 Å². The van der Waals surface area contributed by atoms with Gasteiger partial charge >= 0.3 is 11.8 Å². The van der Waals surface area contributed by atoms with Gasteiger partial charge in [0.1, 0.15) is 65.4 Å². The van der Waals surface area contributed by atoms with Crippen LogP contribution in [0.2, 0.25) is 0 Å². The second-order valence-corrected chi connectivity index (χ2v) is 15.5. The lowest BCUT2D eigenvalue weighted by atomic mass is 9.55. The number of phenolic OH excluding ortho intramolecular Hbond substituents is 2. The summed E-state index contributed by atoms with van der Waals surface area (Å²) in [5, 5.41) is 107. The average Bonchev–Trinajstić information content (AvgIpc) is 3.97. The van der Waals surface area contributed by atoms with Crippen molar-refractivity contribution in [3.8, 4) is 34.5 Å². The third kappa shape index (κ3) is 7.63. The first kappa shape index (κ1) is 42.3. The maximum Gasteiger partial charge on any atom is 0.336 e. The molecule has 11 N–H and O–H groups in total. The number of aromatic hydroxyl groups is 2. The van der Waals surface area contributed by atoms with Crippen molar-refractivity contribution in [1.82, 2.24) is 0 Å². The van der Waals surface area contributed by atoms with E-state index in [4.69, 9.17) is 29.1 Å². The van der Waals surface area contributed by atoms with Crippen molar-refractivity contribution in [1.29, 1.82) is 0 Å². The maximum atomic E-state index is 13.0. The van der Waals surface area contributed by atoms with Crippen LogP contribution in [-0.4, -0.2) is 125 Å². The Morgan fingerprint density at radius 1 is 1.00 bits per heavy atom. The monoisotopic (exact) mass is 857 g/mol. The third-order valence-corrected chi connectivity index (χ3v) is 11.8. The molecule has 0 bridgehead atoms. The lowest BCUT2D eigenvalue weighted by Gasteiger charge is -2.57. The Hall–Kier alpha value is -6.35. The Morgan fingerprint density at radius 2 is 1.76 bits per heavy atom. The standard InChI is InChI=1S/C43H44N4O15/c44-32-12-11-25(47-32)27(50)19-58-24-9-7-21(8-10-24)28-16-26(49)33-29(59-28)17-30(36(34(33)51)61-40(56)22-5-4-6-23(48)15-22)60-41-35(52)37(53)43(57,38(62-41)39(54)55)42(13-2-1-3-14-42)31-18-45-20-46-31/h4-12,15-17,20,27-28,35,37-38,40-41,44,48-53,56-57H,1-3,13-14,18-19H2,(H,54,55)/p+1/t27-,28?,35+,37-,38+,40-,41+,43-/m0/s1. The number of amidine groups is 1. The summed E-state index contributed by atoms with van der Waals surface area (Å²) in [6.45, 7) is -0.0768. The largest absolute Gasteiger partial charge is 0.508 e.